The van der Waals surface area contributed by atoms with Crippen LogP contribution in [0.5, 0.6) is 0 Å². The molecule has 0 spiro atoms. The molecule has 0 radical (unpaired) electrons. The standard InChI is InChI=1S/C23H27F2N3O3.C13H15F2NO3/c1-4-5-20(27-22(30)11-16-9-18(24)12-19(25)10-16)23(31)28-21-7-6-17(13-26-21)14(2)8-15(3)29;1-2-3-11(13(18)19)16-12(17)6-8-4-9(14)7-10(15)5-8/h6-7,9-10,12-14,20H,4-5,8,11H2,1-3H3,(H,27,30)(H,26,28,31);4-5,7,11H,2-3,6H2,1H3,(H,16,17)(H,18,19). The van der Waals surface area contributed by atoms with Crippen LogP contribution < -0.4 is 16.0 Å². The molecular weight excluding hydrogens is 660 g/mol. The van der Waals surface area contributed by atoms with Crippen LogP contribution in [0, 0.1) is 23.3 Å². The van der Waals surface area contributed by atoms with E-state index in [1.807, 2.05) is 13.8 Å². The maximum absolute atomic E-state index is 13.3. The molecule has 4 N–H and O–H groups in total. The van der Waals surface area contributed by atoms with Gasteiger partial charge in [-0.05, 0) is 72.7 Å². The lowest BCUT2D eigenvalue weighted by molar-refractivity contribution is -0.142. The highest BCUT2D eigenvalue weighted by Crippen LogP contribution is 2.20. The third-order valence-corrected chi connectivity index (χ3v) is 7.21. The Bertz CT molecular complexity index is 1600. The molecule has 0 aliphatic carbocycles. The zero-order valence-electron chi connectivity index (χ0n) is 28.3. The molecule has 0 saturated carbocycles. The summed E-state index contributed by atoms with van der Waals surface area (Å²) >= 11 is 0. The predicted octanol–water partition coefficient (Wildman–Crippen LogP) is 5.79. The molecule has 14 heteroatoms. The summed E-state index contributed by atoms with van der Waals surface area (Å²) in [5.74, 6) is -5.29. The number of Topliss-reactive ketones (excluding diaryl/α,β-unsaturated/α-hetero) is 1. The van der Waals surface area contributed by atoms with E-state index in [1.165, 1.54) is 6.92 Å². The SMILES string of the molecule is CCCC(NC(=O)Cc1cc(F)cc(F)c1)C(=O)Nc1ccc(C(C)CC(C)=O)cn1.CCCC(NC(=O)Cc1cc(F)cc(F)c1)C(=O)O. The molecule has 2 aromatic carbocycles. The smallest absolute Gasteiger partial charge is 0.326 e. The molecule has 0 aliphatic heterocycles. The Morgan fingerprint density at radius 3 is 1.60 bits per heavy atom. The number of hydrogen-bond donors (Lipinski definition) is 4. The number of hydrogen-bond acceptors (Lipinski definition) is 6. The monoisotopic (exact) mass is 702 g/mol. The van der Waals surface area contributed by atoms with Crippen LogP contribution in [0.25, 0.3) is 0 Å². The van der Waals surface area contributed by atoms with Gasteiger partial charge in [-0.1, -0.05) is 39.7 Å². The van der Waals surface area contributed by atoms with Gasteiger partial charge in [-0.3, -0.25) is 14.4 Å². The van der Waals surface area contributed by atoms with Gasteiger partial charge < -0.3 is 25.9 Å². The largest absolute Gasteiger partial charge is 0.480 e. The highest BCUT2D eigenvalue weighted by Gasteiger charge is 2.22. The van der Waals surface area contributed by atoms with Crippen LogP contribution in [-0.4, -0.2) is 51.6 Å². The number of ketones is 1. The average Bonchev–Trinajstić information content (AvgIpc) is 3.00. The number of benzene rings is 2. The Hall–Kier alpha value is -5.14. The van der Waals surface area contributed by atoms with Gasteiger partial charge in [0.25, 0.3) is 0 Å². The van der Waals surface area contributed by atoms with Crippen molar-refractivity contribution in [3.8, 4) is 0 Å². The Labute approximate surface area is 288 Å². The summed E-state index contributed by atoms with van der Waals surface area (Å²) in [7, 11) is 0. The summed E-state index contributed by atoms with van der Waals surface area (Å²) in [5, 5.41) is 16.5. The fourth-order valence-electron chi connectivity index (χ4n) is 4.92. The first kappa shape index (κ1) is 41.0. The first-order valence-electron chi connectivity index (χ1n) is 16.1. The van der Waals surface area contributed by atoms with Crippen LogP contribution in [-0.2, 0) is 36.8 Å². The molecule has 10 nitrogen and oxygen atoms in total. The molecule has 3 rings (SSSR count). The molecule has 3 atom stereocenters. The number of amides is 3. The van der Waals surface area contributed by atoms with Crippen molar-refractivity contribution in [1.82, 2.24) is 15.6 Å². The quantitative estimate of drug-likeness (QED) is 0.138. The number of anilines is 1. The second-order valence-corrected chi connectivity index (χ2v) is 11.8. The summed E-state index contributed by atoms with van der Waals surface area (Å²) in [6.45, 7) is 7.13. The number of aliphatic carboxylic acids is 1. The van der Waals surface area contributed by atoms with Gasteiger partial charge in [0, 0.05) is 24.8 Å². The molecule has 0 fully saturated rings. The van der Waals surface area contributed by atoms with Gasteiger partial charge in [-0.2, -0.15) is 0 Å². The molecular formula is C36H42F4N4O6. The van der Waals surface area contributed by atoms with Gasteiger partial charge in [0.1, 0.15) is 47.0 Å². The number of halogens is 4. The van der Waals surface area contributed by atoms with Crippen LogP contribution in [0.3, 0.4) is 0 Å². The van der Waals surface area contributed by atoms with E-state index in [1.54, 1.807) is 25.3 Å². The normalized spacial score (nSPS) is 12.4. The number of nitrogens with one attached hydrogen (secondary N) is 3. The molecule has 1 aromatic heterocycles. The van der Waals surface area contributed by atoms with E-state index in [-0.39, 0.29) is 35.7 Å². The molecule has 1 heterocycles. The fraction of sp³-hybridized carbons (Fsp3) is 0.389. The van der Waals surface area contributed by atoms with Crippen LogP contribution >= 0.6 is 0 Å². The minimum Gasteiger partial charge on any atom is -0.480 e. The Morgan fingerprint density at radius 1 is 0.740 bits per heavy atom. The number of nitrogens with zero attached hydrogens (tertiary/aromatic N) is 1. The zero-order valence-corrected chi connectivity index (χ0v) is 28.3. The number of carboxylic acids is 1. The van der Waals surface area contributed by atoms with E-state index in [4.69, 9.17) is 5.11 Å². The van der Waals surface area contributed by atoms with Gasteiger partial charge in [0.2, 0.25) is 17.7 Å². The lowest BCUT2D eigenvalue weighted by Crippen LogP contribution is -2.44. The maximum Gasteiger partial charge on any atom is 0.326 e. The molecule has 3 amide bonds. The lowest BCUT2D eigenvalue weighted by Gasteiger charge is -2.18. The predicted molar refractivity (Wildman–Crippen MR) is 178 cm³/mol. The topological polar surface area (TPSA) is 155 Å². The first-order valence-corrected chi connectivity index (χ1v) is 16.1. The Balaban J connectivity index is 0.000000391. The van der Waals surface area contributed by atoms with Crippen LogP contribution in [0.4, 0.5) is 23.4 Å². The van der Waals surface area contributed by atoms with Crippen LogP contribution in [0.1, 0.15) is 82.4 Å². The molecule has 3 unspecified atom stereocenters. The second-order valence-electron chi connectivity index (χ2n) is 11.8. The van der Waals surface area contributed by atoms with Crippen molar-refractivity contribution in [3.05, 3.63) is 94.7 Å². The lowest BCUT2D eigenvalue weighted by atomic mass is 9.98. The Kier molecular flexibility index (Phi) is 16.7. The molecule has 0 saturated heterocycles. The van der Waals surface area contributed by atoms with Gasteiger partial charge in [0.15, 0.2) is 0 Å². The summed E-state index contributed by atoms with van der Waals surface area (Å²) in [6, 6.07) is 7.33. The minimum absolute atomic E-state index is 0.0227. The number of pyridine rings is 1. The minimum atomic E-state index is -1.12. The number of carbonyl (C=O) groups excluding carboxylic acids is 4. The maximum atomic E-state index is 13.3. The molecule has 3 aromatic rings. The number of carbonyl (C=O) groups is 5. The van der Waals surface area contributed by atoms with E-state index < -0.39 is 59.0 Å². The van der Waals surface area contributed by atoms with Crippen molar-refractivity contribution in [2.45, 2.75) is 90.6 Å². The third kappa shape index (κ3) is 15.0. The van der Waals surface area contributed by atoms with Crippen LogP contribution in [0.15, 0.2) is 54.7 Å². The van der Waals surface area contributed by atoms with E-state index >= 15 is 0 Å². The van der Waals surface area contributed by atoms with E-state index in [0.717, 1.165) is 35.9 Å². The highest BCUT2D eigenvalue weighted by molar-refractivity contribution is 5.96. The van der Waals surface area contributed by atoms with Gasteiger partial charge in [-0.15, -0.1) is 0 Å². The highest BCUT2D eigenvalue weighted by atomic mass is 19.1. The number of carboxylic acid groups (broad SMARTS) is 1. The van der Waals surface area contributed by atoms with Gasteiger partial charge >= 0.3 is 5.97 Å². The second kappa shape index (κ2) is 20.4. The summed E-state index contributed by atoms with van der Waals surface area (Å²) in [4.78, 5) is 62.9. The van der Waals surface area contributed by atoms with Crippen molar-refractivity contribution in [2.75, 3.05) is 5.32 Å². The molecule has 50 heavy (non-hydrogen) atoms. The molecule has 270 valence electrons. The average molecular weight is 703 g/mol. The van der Waals surface area contributed by atoms with Crippen molar-refractivity contribution in [3.63, 3.8) is 0 Å². The van der Waals surface area contributed by atoms with Crippen LogP contribution in [0.2, 0.25) is 0 Å². The van der Waals surface area contributed by atoms with Crippen molar-refractivity contribution >= 4 is 35.3 Å². The Morgan fingerprint density at radius 2 is 1.20 bits per heavy atom. The molecule has 0 aliphatic rings. The summed E-state index contributed by atoms with van der Waals surface area (Å²) in [6.07, 6.45) is 3.45. The zero-order chi connectivity index (χ0) is 37.4. The van der Waals surface area contributed by atoms with Crippen molar-refractivity contribution < 1.29 is 46.6 Å². The third-order valence-electron chi connectivity index (χ3n) is 7.21. The van der Waals surface area contributed by atoms with Crippen molar-refractivity contribution in [2.24, 2.45) is 0 Å². The van der Waals surface area contributed by atoms with E-state index in [0.29, 0.717) is 44.0 Å². The van der Waals surface area contributed by atoms with E-state index in [9.17, 15) is 41.5 Å². The first-order chi connectivity index (χ1) is 23.6. The molecule has 0 bridgehead atoms. The van der Waals surface area contributed by atoms with Gasteiger partial charge in [-0.25, -0.2) is 27.3 Å². The fourth-order valence-corrected chi connectivity index (χ4v) is 4.92. The van der Waals surface area contributed by atoms with E-state index in [2.05, 4.69) is 20.9 Å². The number of rotatable bonds is 16. The van der Waals surface area contributed by atoms with Crippen molar-refractivity contribution in [1.29, 1.82) is 0 Å². The number of aromatic nitrogens is 1. The summed E-state index contributed by atoms with van der Waals surface area (Å²) in [5.41, 5.74) is 1.23. The summed E-state index contributed by atoms with van der Waals surface area (Å²) < 4.78 is 52.5. The van der Waals surface area contributed by atoms with Gasteiger partial charge in [0.05, 0.1) is 12.8 Å².